The molecule has 2 heterocycles. The smallest absolute Gasteiger partial charge is 0.166 e. The van der Waals surface area contributed by atoms with Crippen LogP contribution in [0, 0.1) is 0 Å². The fourth-order valence-corrected chi connectivity index (χ4v) is 2.81. The summed E-state index contributed by atoms with van der Waals surface area (Å²) in [6.45, 7) is 3.88. The summed E-state index contributed by atoms with van der Waals surface area (Å²) in [6.07, 6.45) is 10.1. The van der Waals surface area contributed by atoms with Gasteiger partial charge in [-0.25, -0.2) is 0 Å². The molecule has 0 N–H and O–H groups in total. The van der Waals surface area contributed by atoms with Gasteiger partial charge in [0, 0.05) is 23.1 Å². The van der Waals surface area contributed by atoms with Crippen LogP contribution in [0.1, 0.15) is 30.9 Å². The summed E-state index contributed by atoms with van der Waals surface area (Å²) in [5, 5.41) is 0. The zero-order chi connectivity index (χ0) is 16.1. The highest BCUT2D eigenvalue weighted by Crippen LogP contribution is 2.27. The van der Waals surface area contributed by atoms with Gasteiger partial charge in [0.25, 0.3) is 0 Å². The van der Waals surface area contributed by atoms with Crippen LogP contribution < -0.4 is 4.74 Å². The molecule has 0 unspecified atom stereocenters. The molecule has 0 amide bonds. The Bertz CT molecular complexity index is 640. The standard InChI is InChI=1S/C19H21ClO3/c1-19(22-10-11-23-19)9-3-2-4-15-6-8-18-17(12-15)7-5-16(13-20)14-21-18/h2,4-8,12-13H,3,9-11,14H2,1H3/b4-2+,16-13-. The average molecular weight is 333 g/mol. The Hall–Kier alpha value is -1.55. The van der Waals surface area contributed by atoms with Crippen molar-refractivity contribution in [3.05, 3.63) is 52.6 Å². The van der Waals surface area contributed by atoms with E-state index < -0.39 is 5.79 Å². The summed E-state index contributed by atoms with van der Waals surface area (Å²) in [4.78, 5) is 0. The molecule has 0 aromatic heterocycles. The fourth-order valence-electron chi connectivity index (χ4n) is 2.67. The molecule has 0 saturated carbocycles. The van der Waals surface area contributed by atoms with E-state index in [2.05, 4.69) is 24.3 Å². The normalized spacial score (nSPS) is 21.4. The Kier molecular flexibility index (Phi) is 5.21. The molecule has 1 aromatic carbocycles. The number of fused-ring (bicyclic) bond motifs is 1. The fraction of sp³-hybridized carbons (Fsp3) is 0.368. The summed E-state index contributed by atoms with van der Waals surface area (Å²) in [5.41, 5.74) is 4.73. The molecule has 0 aliphatic carbocycles. The molecule has 122 valence electrons. The number of hydrogen-bond acceptors (Lipinski definition) is 3. The van der Waals surface area contributed by atoms with Crippen molar-refractivity contribution >= 4 is 23.8 Å². The molecule has 1 saturated heterocycles. The third kappa shape index (κ3) is 4.25. The molecule has 0 bridgehead atoms. The summed E-state index contributed by atoms with van der Waals surface area (Å²) in [6, 6.07) is 6.17. The van der Waals surface area contributed by atoms with Crippen LogP contribution in [0.5, 0.6) is 5.75 Å². The monoisotopic (exact) mass is 332 g/mol. The van der Waals surface area contributed by atoms with Gasteiger partial charge in [0.1, 0.15) is 12.4 Å². The Morgan fingerprint density at radius 2 is 2.04 bits per heavy atom. The van der Waals surface area contributed by atoms with Gasteiger partial charge in [-0.1, -0.05) is 42.0 Å². The van der Waals surface area contributed by atoms with Gasteiger partial charge in [0.05, 0.1) is 13.2 Å². The lowest BCUT2D eigenvalue weighted by molar-refractivity contribution is -0.145. The van der Waals surface area contributed by atoms with Crippen molar-refractivity contribution in [3.63, 3.8) is 0 Å². The third-order valence-electron chi connectivity index (χ3n) is 4.02. The molecular formula is C19H21ClO3. The summed E-state index contributed by atoms with van der Waals surface area (Å²) >= 11 is 5.75. The van der Waals surface area contributed by atoms with Gasteiger partial charge in [-0.2, -0.15) is 0 Å². The molecule has 23 heavy (non-hydrogen) atoms. The first kappa shape index (κ1) is 16.3. The molecule has 4 heteroatoms. The van der Waals surface area contributed by atoms with E-state index in [1.54, 1.807) is 5.54 Å². The second-order valence-electron chi connectivity index (χ2n) is 5.88. The van der Waals surface area contributed by atoms with Crippen LogP contribution in [-0.4, -0.2) is 25.6 Å². The number of rotatable bonds is 4. The van der Waals surface area contributed by atoms with Crippen molar-refractivity contribution in [1.82, 2.24) is 0 Å². The van der Waals surface area contributed by atoms with E-state index >= 15 is 0 Å². The minimum Gasteiger partial charge on any atom is -0.488 e. The molecule has 0 spiro atoms. The molecule has 2 aliphatic rings. The predicted molar refractivity (Wildman–Crippen MR) is 93.5 cm³/mol. The van der Waals surface area contributed by atoms with Gasteiger partial charge in [0.2, 0.25) is 0 Å². The van der Waals surface area contributed by atoms with E-state index in [4.69, 9.17) is 25.8 Å². The maximum atomic E-state index is 5.75. The van der Waals surface area contributed by atoms with Crippen LogP contribution in [0.15, 0.2) is 41.5 Å². The van der Waals surface area contributed by atoms with Gasteiger partial charge in [-0.05, 0) is 31.0 Å². The van der Waals surface area contributed by atoms with E-state index in [0.29, 0.717) is 19.8 Å². The summed E-state index contributed by atoms with van der Waals surface area (Å²) < 4.78 is 16.9. The van der Waals surface area contributed by atoms with Crippen LogP contribution >= 0.6 is 11.6 Å². The van der Waals surface area contributed by atoms with Gasteiger partial charge in [-0.3, -0.25) is 0 Å². The molecule has 2 aliphatic heterocycles. The van der Waals surface area contributed by atoms with E-state index in [1.807, 2.05) is 25.1 Å². The van der Waals surface area contributed by atoms with Gasteiger partial charge < -0.3 is 14.2 Å². The van der Waals surface area contributed by atoms with Crippen molar-refractivity contribution in [2.45, 2.75) is 25.6 Å². The first-order chi connectivity index (χ1) is 11.2. The lowest BCUT2D eigenvalue weighted by Gasteiger charge is -2.21. The van der Waals surface area contributed by atoms with Crippen LogP contribution in [0.2, 0.25) is 0 Å². The summed E-state index contributed by atoms with van der Waals surface area (Å²) in [5.74, 6) is 0.464. The summed E-state index contributed by atoms with van der Waals surface area (Å²) in [7, 11) is 0. The van der Waals surface area contributed by atoms with Crippen LogP contribution in [-0.2, 0) is 9.47 Å². The highest BCUT2D eigenvalue weighted by atomic mass is 35.5. The maximum absolute atomic E-state index is 5.75. The van der Waals surface area contributed by atoms with Gasteiger partial charge in [0.15, 0.2) is 5.79 Å². The van der Waals surface area contributed by atoms with Crippen molar-refractivity contribution in [2.24, 2.45) is 0 Å². The van der Waals surface area contributed by atoms with Crippen LogP contribution in [0.4, 0.5) is 0 Å². The lowest BCUT2D eigenvalue weighted by atomic mass is 10.1. The largest absolute Gasteiger partial charge is 0.488 e. The second-order valence-corrected chi connectivity index (χ2v) is 6.09. The maximum Gasteiger partial charge on any atom is 0.166 e. The Morgan fingerprint density at radius 3 is 2.83 bits per heavy atom. The number of allylic oxidation sites excluding steroid dienone is 1. The van der Waals surface area contributed by atoms with Gasteiger partial charge in [-0.15, -0.1) is 0 Å². The Labute approximate surface area is 142 Å². The Morgan fingerprint density at radius 1 is 1.22 bits per heavy atom. The van der Waals surface area contributed by atoms with Crippen LogP contribution in [0.3, 0.4) is 0 Å². The van der Waals surface area contributed by atoms with E-state index in [-0.39, 0.29) is 0 Å². The van der Waals surface area contributed by atoms with E-state index in [0.717, 1.165) is 35.3 Å². The molecule has 3 rings (SSSR count). The highest BCUT2D eigenvalue weighted by molar-refractivity contribution is 6.25. The lowest BCUT2D eigenvalue weighted by Crippen LogP contribution is -2.24. The topological polar surface area (TPSA) is 27.7 Å². The van der Waals surface area contributed by atoms with Crippen molar-refractivity contribution < 1.29 is 14.2 Å². The number of benzene rings is 1. The van der Waals surface area contributed by atoms with Crippen molar-refractivity contribution in [1.29, 1.82) is 0 Å². The molecule has 0 radical (unpaired) electrons. The second kappa shape index (κ2) is 7.35. The molecule has 0 atom stereocenters. The molecule has 1 fully saturated rings. The quantitative estimate of drug-likeness (QED) is 0.794. The van der Waals surface area contributed by atoms with Crippen molar-refractivity contribution in [2.75, 3.05) is 19.8 Å². The minimum absolute atomic E-state index is 0.418. The van der Waals surface area contributed by atoms with E-state index in [9.17, 15) is 0 Å². The minimum atomic E-state index is -0.418. The van der Waals surface area contributed by atoms with Gasteiger partial charge >= 0.3 is 0 Å². The number of hydrogen-bond donors (Lipinski definition) is 0. The Balaban J connectivity index is 1.63. The van der Waals surface area contributed by atoms with E-state index in [1.165, 1.54) is 0 Å². The zero-order valence-electron chi connectivity index (χ0n) is 13.3. The molecule has 3 nitrogen and oxygen atoms in total. The van der Waals surface area contributed by atoms with Crippen LogP contribution in [0.25, 0.3) is 12.2 Å². The zero-order valence-corrected chi connectivity index (χ0v) is 14.0. The predicted octanol–water partition coefficient (Wildman–Crippen LogP) is 4.77. The molecule has 1 aromatic rings. The van der Waals surface area contributed by atoms with Crippen molar-refractivity contribution in [3.8, 4) is 5.75 Å². The third-order valence-corrected chi connectivity index (χ3v) is 4.30. The average Bonchev–Trinajstić information content (AvgIpc) is 2.89. The first-order valence-corrected chi connectivity index (χ1v) is 8.31. The number of ether oxygens (including phenoxy) is 3. The highest BCUT2D eigenvalue weighted by Gasteiger charge is 2.29. The number of halogens is 1. The molecular weight excluding hydrogens is 312 g/mol. The SMILES string of the molecule is CC1(CC/C=C/c2ccc3c(c2)C=C/C(=C/Cl)CO3)OCCO1. The first-order valence-electron chi connectivity index (χ1n) is 7.87.